The molecular weight excluding hydrogens is 691 g/mol. The number of imidazole rings is 1. The molecule has 5 aromatic rings. The van der Waals surface area contributed by atoms with Crippen molar-refractivity contribution in [2.45, 2.75) is 65.1 Å². The minimum atomic E-state index is -0.913. The molecule has 0 saturated carbocycles. The summed E-state index contributed by atoms with van der Waals surface area (Å²) in [7, 11) is 0. The van der Waals surface area contributed by atoms with Crippen molar-refractivity contribution in [2.24, 2.45) is 0 Å². The highest BCUT2D eigenvalue weighted by Crippen LogP contribution is 2.34. The van der Waals surface area contributed by atoms with Gasteiger partial charge in [-0.25, -0.2) is 9.37 Å². The summed E-state index contributed by atoms with van der Waals surface area (Å²) < 4.78 is 17.5. The number of halogens is 1. The summed E-state index contributed by atoms with van der Waals surface area (Å²) in [6.07, 6.45) is 5.11. The molecule has 0 aliphatic carbocycles. The topological polar surface area (TPSA) is 168 Å². The minimum absolute atomic E-state index is 0.0433. The van der Waals surface area contributed by atoms with Gasteiger partial charge in [-0.15, -0.1) is 0 Å². The molecule has 1 fully saturated rings. The van der Waals surface area contributed by atoms with Crippen LogP contribution in [0.3, 0.4) is 0 Å². The quantitative estimate of drug-likeness (QED) is 0.143. The minimum Gasteiger partial charge on any atom is -0.351 e. The SMILES string of the molecule is CCc1nc(-c2cccc3cc(-c4ccc(C(=O)NCCCc5cccc(C(=O)NC6CCC(=O)NC6=O)c5F)nc4)ncc23)c2n1CCN(C(C)=O)C2. The maximum Gasteiger partial charge on any atom is 0.269 e. The normalized spacial score (nSPS) is 15.5. The van der Waals surface area contributed by atoms with Crippen LogP contribution in [0.5, 0.6) is 0 Å². The summed E-state index contributed by atoms with van der Waals surface area (Å²) in [4.78, 5) is 77.1. The molecule has 54 heavy (non-hydrogen) atoms. The predicted molar refractivity (Wildman–Crippen MR) is 197 cm³/mol. The van der Waals surface area contributed by atoms with E-state index >= 15 is 4.39 Å². The largest absolute Gasteiger partial charge is 0.351 e. The number of imide groups is 1. The lowest BCUT2D eigenvalue weighted by atomic mass is 10.0. The number of fused-ring (bicyclic) bond motifs is 2. The monoisotopic (exact) mass is 730 g/mol. The van der Waals surface area contributed by atoms with Gasteiger partial charge in [0.2, 0.25) is 17.7 Å². The van der Waals surface area contributed by atoms with E-state index in [4.69, 9.17) is 9.97 Å². The van der Waals surface area contributed by atoms with Crippen LogP contribution in [0.4, 0.5) is 4.39 Å². The smallest absolute Gasteiger partial charge is 0.269 e. The Morgan fingerprint density at radius 1 is 1.00 bits per heavy atom. The zero-order valence-corrected chi connectivity index (χ0v) is 29.9. The number of rotatable bonds is 10. The fourth-order valence-corrected chi connectivity index (χ4v) is 7.00. The van der Waals surface area contributed by atoms with Gasteiger partial charge in [-0.3, -0.25) is 39.3 Å². The molecule has 3 aromatic heterocycles. The van der Waals surface area contributed by atoms with Crippen molar-refractivity contribution in [1.82, 2.24) is 40.4 Å². The summed E-state index contributed by atoms with van der Waals surface area (Å²) in [5.41, 5.74) is 4.59. The van der Waals surface area contributed by atoms with Crippen molar-refractivity contribution < 1.29 is 28.4 Å². The lowest BCUT2D eigenvalue weighted by Gasteiger charge is -2.28. The van der Waals surface area contributed by atoms with Crippen molar-refractivity contribution in [3.05, 3.63) is 101 Å². The van der Waals surface area contributed by atoms with E-state index in [0.717, 1.165) is 45.5 Å². The number of piperidine rings is 1. The molecule has 1 unspecified atom stereocenters. The summed E-state index contributed by atoms with van der Waals surface area (Å²) in [6.45, 7) is 5.81. The molecule has 1 atom stereocenters. The Balaban J connectivity index is 0.974. The Hall–Kier alpha value is -6.31. The van der Waals surface area contributed by atoms with Gasteiger partial charge in [-0.2, -0.15) is 0 Å². The van der Waals surface area contributed by atoms with Crippen LogP contribution in [0.15, 0.2) is 67.0 Å². The van der Waals surface area contributed by atoms with Crippen molar-refractivity contribution in [2.75, 3.05) is 13.1 Å². The number of aromatic nitrogens is 4. The second-order valence-electron chi connectivity index (χ2n) is 13.4. The van der Waals surface area contributed by atoms with Gasteiger partial charge in [0.15, 0.2) is 0 Å². The molecular formula is C40H39FN8O5. The van der Waals surface area contributed by atoms with Crippen molar-refractivity contribution in [1.29, 1.82) is 0 Å². The molecule has 0 radical (unpaired) electrons. The van der Waals surface area contributed by atoms with E-state index in [1.165, 1.54) is 6.07 Å². The number of nitrogens with one attached hydrogen (secondary N) is 3. The highest BCUT2D eigenvalue weighted by atomic mass is 19.1. The molecule has 14 heteroatoms. The average Bonchev–Trinajstić information content (AvgIpc) is 3.55. The van der Waals surface area contributed by atoms with Crippen molar-refractivity contribution in [3.63, 3.8) is 0 Å². The molecule has 13 nitrogen and oxygen atoms in total. The number of benzene rings is 2. The molecule has 5 amide bonds. The van der Waals surface area contributed by atoms with Gasteiger partial charge in [-0.05, 0) is 54.5 Å². The molecule has 276 valence electrons. The zero-order chi connectivity index (χ0) is 37.9. The molecule has 2 aromatic carbocycles. The van der Waals surface area contributed by atoms with Crippen LogP contribution in [0.1, 0.15) is 71.0 Å². The van der Waals surface area contributed by atoms with E-state index < -0.39 is 29.6 Å². The number of carbonyl (C=O) groups is 5. The first kappa shape index (κ1) is 36.1. The summed E-state index contributed by atoms with van der Waals surface area (Å²) >= 11 is 0. The van der Waals surface area contributed by atoms with Gasteiger partial charge in [0.25, 0.3) is 11.8 Å². The van der Waals surface area contributed by atoms with Gasteiger partial charge >= 0.3 is 0 Å². The average molecular weight is 731 g/mol. The standard InChI is InChI=1S/C40H39FN8O5/c1-3-34-46-37(33-22-48(23(2)50)17-18-49(33)34)27-10-5-8-25-19-32(44-21-29(25)27)26-12-13-30(43-20-26)39(53)42-16-6-9-24-7-4-11-28(36(24)41)38(52)45-31-14-15-35(51)47-40(31)54/h4-5,7-8,10-13,19-21,31H,3,6,9,14-18,22H2,1-2H3,(H,42,53)(H,45,52)(H,47,51,54). The van der Waals surface area contributed by atoms with E-state index in [0.29, 0.717) is 37.3 Å². The summed E-state index contributed by atoms with van der Waals surface area (Å²) in [6, 6.07) is 15.0. The Bertz CT molecular complexity index is 2300. The Morgan fingerprint density at radius 3 is 2.59 bits per heavy atom. The maximum absolute atomic E-state index is 15.2. The second-order valence-corrected chi connectivity index (χ2v) is 13.4. The molecule has 5 heterocycles. The van der Waals surface area contributed by atoms with E-state index in [9.17, 15) is 24.0 Å². The molecule has 0 spiro atoms. The van der Waals surface area contributed by atoms with Crippen LogP contribution in [0.25, 0.3) is 33.3 Å². The van der Waals surface area contributed by atoms with Crippen LogP contribution in [0.2, 0.25) is 0 Å². The second kappa shape index (κ2) is 15.3. The van der Waals surface area contributed by atoms with Gasteiger partial charge in [0, 0.05) is 68.3 Å². The van der Waals surface area contributed by atoms with Gasteiger partial charge < -0.3 is 20.1 Å². The predicted octanol–water partition coefficient (Wildman–Crippen LogP) is 4.12. The first-order chi connectivity index (χ1) is 26.1. The van der Waals surface area contributed by atoms with Crippen LogP contribution < -0.4 is 16.0 Å². The van der Waals surface area contributed by atoms with Gasteiger partial charge in [0.05, 0.1) is 29.2 Å². The number of hydrogen-bond acceptors (Lipinski definition) is 8. The van der Waals surface area contributed by atoms with Gasteiger partial charge in [-0.1, -0.05) is 37.3 Å². The third-order valence-corrected chi connectivity index (χ3v) is 9.94. The number of hydrogen-bond donors (Lipinski definition) is 3. The molecule has 0 bridgehead atoms. The lowest BCUT2D eigenvalue weighted by molar-refractivity contribution is -0.134. The van der Waals surface area contributed by atoms with E-state index in [-0.39, 0.29) is 48.9 Å². The Kier molecular flexibility index (Phi) is 10.3. The van der Waals surface area contributed by atoms with E-state index in [2.05, 4.69) is 32.4 Å². The van der Waals surface area contributed by atoms with Crippen LogP contribution >= 0.6 is 0 Å². The number of nitrogens with zero attached hydrogens (tertiary/aromatic N) is 5. The number of amides is 5. The molecule has 7 rings (SSSR count). The van der Waals surface area contributed by atoms with Gasteiger partial charge in [0.1, 0.15) is 23.4 Å². The van der Waals surface area contributed by atoms with Crippen LogP contribution in [-0.2, 0) is 40.3 Å². The fourth-order valence-electron chi connectivity index (χ4n) is 7.00. The molecule has 2 aliphatic rings. The molecule has 3 N–H and O–H groups in total. The number of aryl methyl sites for hydroxylation is 2. The number of carbonyl (C=O) groups excluding carboxylic acids is 5. The van der Waals surface area contributed by atoms with E-state index in [1.54, 1.807) is 37.4 Å². The van der Waals surface area contributed by atoms with E-state index in [1.807, 2.05) is 35.4 Å². The third-order valence-electron chi connectivity index (χ3n) is 9.94. The third kappa shape index (κ3) is 7.31. The first-order valence-electron chi connectivity index (χ1n) is 18.0. The van der Waals surface area contributed by atoms with Crippen molar-refractivity contribution in [3.8, 4) is 22.5 Å². The molecule has 2 aliphatic heterocycles. The highest BCUT2D eigenvalue weighted by Gasteiger charge is 2.29. The first-order valence-corrected chi connectivity index (χ1v) is 18.0. The Labute approximate surface area is 310 Å². The zero-order valence-electron chi connectivity index (χ0n) is 29.9. The fraction of sp³-hybridized carbons (Fsp3) is 0.300. The number of pyridine rings is 2. The summed E-state index contributed by atoms with van der Waals surface area (Å²) in [5.74, 6) is -1.80. The van der Waals surface area contributed by atoms with Crippen molar-refractivity contribution >= 4 is 40.3 Å². The van der Waals surface area contributed by atoms with Crippen LogP contribution in [-0.4, -0.2) is 73.1 Å². The molecule has 1 saturated heterocycles. The highest BCUT2D eigenvalue weighted by molar-refractivity contribution is 6.04. The Morgan fingerprint density at radius 2 is 1.83 bits per heavy atom. The summed E-state index contributed by atoms with van der Waals surface area (Å²) in [5, 5.41) is 9.38. The van der Waals surface area contributed by atoms with Crippen LogP contribution in [0, 0.1) is 5.82 Å². The maximum atomic E-state index is 15.2. The lowest BCUT2D eigenvalue weighted by Crippen LogP contribution is -2.52.